The number of hydrogen-bond donors (Lipinski definition) is 1. The number of piperazine rings is 1. The van der Waals surface area contributed by atoms with Gasteiger partial charge in [-0.25, -0.2) is 8.78 Å². The van der Waals surface area contributed by atoms with Crippen molar-refractivity contribution in [2.24, 2.45) is 0 Å². The van der Waals surface area contributed by atoms with Gasteiger partial charge in [0.25, 0.3) is 0 Å². The van der Waals surface area contributed by atoms with Crippen LogP contribution >= 0.6 is 12.4 Å². The first-order valence-electron chi connectivity index (χ1n) is 6.97. The van der Waals surface area contributed by atoms with Gasteiger partial charge in [-0.2, -0.15) is 0 Å². The molecule has 122 valence electrons. The van der Waals surface area contributed by atoms with E-state index < -0.39 is 11.6 Å². The normalized spacial score (nSPS) is 17.8. The number of halogens is 3. The molecular weight excluding hydrogens is 314 g/mol. The van der Waals surface area contributed by atoms with E-state index in [0.717, 1.165) is 25.2 Å². The minimum Gasteiger partial charge on any atom is -0.337 e. The van der Waals surface area contributed by atoms with Gasteiger partial charge in [0, 0.05) is 44.1 Å². The van der Waals surface area contributed by atoms with Crippen molar-refractivity contribution in [3.8, 4) is 0 Å². The number of nitrogens with zero attached hydrogens (tertiary/aromatic N) is 1. The van der Waals surface area contributed by atoms with Crippen LogP contribution < -0.4 is 5.32 Å². The molecule has 0 unspecified atom stereocenters. The lowest BCUT2D eigenvalue weighted by Crippen LogP contribution is -2.52. The highest BCUT2D eigenvalue weighted by Gasteiger charge is 2.23. The van der Waals surface area contributed by atoms with Gasteiger partial charge in [-0.05, 0) is 25.1 Å². The largest absolute Gasteiger partial charge is 0.337 e. The molecule has 0 aliphatic carbocycles. The maximum absolute atomic E-state index is 13.1. The molecule has 4 nitrogen and oxygen atoms in total. The van der Waals surface area contributed by atoms with Crippen molar-refractivity contribution in [3.05, 3.63) is 35.4 Å². The van der Waals surface area contributed by atoms with Crippen LogP contribution in [0.5, 0.6) is 0 Å². The molecule has 0 bridgehead atoms. The van der Waals surface area contributed by atoms with Gasteiger partial charge in [-0.15, -0.1) is 12.4 Å². The topological polar surface area (TPSA) is 49.4 Å². The average Bonchev–Trinajstić information content (AvgIpc) is 2.47. The molecule has 1 saturated heterocycles. The Morgan fingerprint density at radius 1 is 1.27 bits per heavy atom. The molecular formula is C15H19ClF2N2O2. The van der Waals surface area contributed by atoms with Crippen LogP contribution in [-0.2, 0) is 4.79 Å². The van der Waals surface area contributed by atoms with Gasteiger partial charge in [0.15, 0.2) is 17.4 Å². The maximum atomic E-state index is 13.1. The zero-order chi connectivity index (χ0) is 15.4. The van der Waals surface area contributed by atoms with Gasteiger partial charge in [0.1, 0.15) is 0 Å². The Balaban J connectivity index is 0.00000242. The first-order chi connectivity index (χ1) is 9.99. The molecule has 1 aromatic rings. The number of amides is 1. The van der Waals surface area contributed by atoms with Crippen molar-refractivity contribution in [2.75, 3.05) is 19.6 Å². The second-order valence-corrected chi connectivity index (χ2v) is 5.19. The van der Waals surface area contributed by atoms with E-state index in [1.807, 2.05) is 6.92 Å². The zero-order valence-corrected chi connectivity index (χ0v) is 13.1. The quantitative estimate of drug-likeness (QED) is 0.860. The molecule has 1 aliphatic heterocycles. The molecule has 22 heavy (non-hydrogen) atoms. The highest BCUT2D eigenvalue weighted by Crippen LogP contribution is 2.13. The SMILES string of the molecule is C[C@@H]1CNCCN1C(=O)CCC(=O)c1ccc(F)c(F)c1.Cl. The van der Waals surface area contributed by atoms with E-state index in [9.17, 15) is 18.4 Å². The van der Waals surface area contributed by atoms with E-state index in [1.165, 1.54) is 6.07 Å². The highest BCUT2D eigenvalue weighted by molar-refractivity contribution is 5.98. The first-order valence-corrected chi connectivity index (χ1v) is 6.97. The smallest absolute Gasteiger partial charge is 0.223 e. The van der Waals surface area contributed by atoms with Crippen LogP contribution in [0.3, 0.4) is 0 Å². The minimum absolute atomic E-state index is 0. The molecule has 1 aromatic carbocycles. The second-order valence-electron chi connectivity index (χ2n) is 5.19. The number of hydrogen-bond acceptors (Lipinski definition) is 3. The molecule has 1 aliphatic rings. The third-order valence-electron chi connectivity index (χ3n) is 3.63. The van der Waals surface area contributed by atoms with Crippen molar-refractivity contribution in [1.82, 2.24) is 10.2 Å². The average molecular weight is 333 g/mol. The van der Waals surface area contributed by atoms with E-state index >= 15 is 0 Å². The fourth-order valence-electron chi connectivity index (χ4n) is 2.39. The summed E-state index contributed by atoms with van der Waals surface area (Å²) in [5.74, 6) is -2.48. The lowest BCUT2D eigenvalue weighted by molar-refractivity contribution is -0.133. The Hall–Kier alpha value is -1.53. The number of nitrogens with one attached hydrogen (secondary N) is 1. The van der Waals surface area contributed by atoms with Gasteiger partial charge < -0.3 is 10.2 Å². The third kappa shape index (κ3) is 4.48. The number of benzene rings is 1. The molecule has 0 saturated carbocycles. The zero-order valence-electron chi connectivity index (χ0n) is 12.3. The molecule has 1 amide bonds. The monoisotopic (exact) mass is 332 g/mol. The van der Waals surface area contributed by atoms with Crippen LogP contribution in [0.25, 0.3) is 0 Å². The van der Waals surface area contributed by atoms with Crippen LogP contribution in [-0.4, -0.2) is 42.3 Å². The molecule has 2 rings (SSSR count). The molecule has 1 fully saturated rings. The maximum Gasteiger partial charge on any atom is 0.223 e. The predicted molar refractivity (Wildman–Crippen MR) is 81.2 cm³/mol. The minimum atomic E-state index is -1.05. The summed E-state index contributed by atoms with van der Waals surface area (Å²) in [6.45, 7) is 4.05. The van der Waals surface area contributed by atoms with Gasteiger partial charge in [0.2, 0.25) is 5.91 Å². The summed E-state index contributed by atoms with van der Waals surface area (Å²) in [4.78, 5) is 25.7. The lowest BCUT2D eigenvalue weighted by atomic mass is 10.1. The Kier molecular flexibility index (Phi) is 6.90. The number of carbonyl (C=O) groups excluding carboxylic acids is 2. The molecule has 0 radical (unpaired) electrons. The Morgan fingerprint density at radius 2 is 2.00 bits per heavy atom. The van der Waals surface area contributed by atoms with E-state index in [1.54, 1.807) is 4.90 Å². The molecule has 7 heteroatoms. The Labute approximate surface area is 134 Å². The van der Waals surface area contributed by atoms with Crippen LogP contribution in [0, 0.1) is 11.6 Å². The van der Waals surface area contributed by atoms with Crippen molar-refractivity contribution in [1.29, 1.82) is 0 Å². The molecule has 1 N–H and O–H groups in total. The van der Waals surface area contributed by atoms with E-state index in [-0.39, 0.29) is 48.5 Å². The summed E-state index contributed by atoms with van der Waals surface area (Å²) >= 11 is 0. The fraction of sp³-hybridized carbons (Fsp3) is 0.467. The van der Waals surface area contributed by atoms with Gasteiger partial charge in [-0.3, -0.25) is 9.59 Å². The number of carbonyl (C=O) groups is 2. The Bertz CT molecular complexity index is 554. The van der Waals surface area contributed by atoms with Crippen molar-refractivity contribution in [2.45, 2.75) is 25.8 Å². The summed E-state index contributed by atoms with van der Waals surface area (Å²) < 4.78 is 25.9. The summed E-state index contributed by atoms with van der Waals surface area (Å²) in [5.41, 5.74) is 0.0926. The van der Waals surface area contributed by atoms with Crippen LogP contribution in [0.1, 0.15) is 30.1 Å². The second kappa shape index (κ2) is 8.19. The highest BCUT2D eigenvalue weighted by atomic mass is 35.5. The molecule has 0 spiro atoms. The first kappa shape index (κ1) is 18.5. The molecule has 0 aromatic heterocycles. The third-order valence-corrected chi connectivity index (χ3v) is 3.63. The van der Waals surface area contributed by atoms with E-state index in [4.69, 9.17) is 0 Å². The van der Waals surface area contributed by atoms with E-state index in [2.05, 4.69) is 5.32 Å². The van der Waals surface area contributed by atoms with Crippen molar-refractivity contribution in [3.63, 3.8) is 0 Å². The van der Waals surface area contributed by atoms with Crippen molar-refractivity contribution >= 4 is 24.1 Å². The summed E-state index contributed by atoms with van der Waals surface area (Å²) in [6, 6.07) is 3.13. The molecule has 1 heterocycles. The van der Waals surface area contributed by atoms with Crippen LogP contribution in [0.4, 0.5) is 8.78 Å². The standard InChI is InChI=1S/C15H18F2N2O2.ClH/c1-10-9-18-6-7-19(10)15(21)5-4-14(20)11-2-3-12(16)13(17)8-11;/h2-3,8,10,18H,4-7,9H2,1H3;1H/t10-;/m1./s1. The fourth-order valence-corrected chi connectivity index (χ4v) is 2.39. The van der Waals surface area contributed by atoms with Gasteiger partial charge in [-0.1, -0.05) is 0 Å². The number of rotatable bonds is 4. The molecule has 1 atom stereocenters. The predicted octanol–water partition coefficient (Wildman–Crippen LogP) is 2.17. The summed E-state index contributed by atoms with van der Waals surface area (Å²) in [5, 5.41) is 3.18. The summed E-state index contributed by atoms with van der Waals surface area (Å²) in [6.07, 6.45) is 0.0860. The Morgan fingerprint density at radius 3 is 2.64 bits per heavy atom. The number of ketones is 1. The van der Waals surface area contributed by atoms with Crippen LogP contribution in [0.2, 0.25) is 0 Å². The lowest BCUT2D eigenvalue weighted by Gasteiger charge is -2.34. The van der Waals surface area contributed by atoms with E-state index in [0.29, 0.717) is 6.54 Å². The van der Waals surface area contributed by atoms with Gasteiger partial charge in [0.05, 0.1) is 0 Å². The van der Waals surface area contributed by atoms with Gasteiger partial charge >= 0.3 is 0 Å². The van der Waals surface area contributed by atoms with Crippen LogP contribution in [0.15, 0.2) is 18.2 Å². The number of Topliss-reactive ketones (excluding diaryl/α,β-unsaturated/α-hetero) is 1. The summed E-state index contributed by atoms with van der Waals surface area (Å²) in [7, 11) is 0. The van der Waals surface area contributed by atoms with Crippen molar-refractivity contribution < 1.29 is 18.4 Å².